The first-order valence-corrected chi connectivity index (χ1v) is 14.0. The van der Waals surface area contributed by atoms with Gasteiger partial charge in [0.2, 0.25) is 11.3 Å². The molecule has 5 rings (SSSR count). The van der Waals surface area contributed by atoms with Crippen molar-refractivity contribution in [3.05, 3.63) is 69.9 Å². The second-order valence-electron chi connectivity index (χ2n) is 10.5. The zero-order valence-electron chi connectivity index (χ0n) is 23.3. The predicted molar refractivity (Wildman–Crippen MR) is 147 cm³/mol. The molecule has 4 heterocycles. The number of unbranched alkanes of at least 4 members (excludes halogenated alkanes) is 3. The maximum absolute atomic E-state index is 13.6. The van der Waals surface area contributed by atoms with Crippen molar-refractivity contribution in [1.29, 1.82) is 0 Å². The Balaban J connectivity index is 0.00000210. The molecular weight excluding hydrogens is 533 g/mol. The highest BCUT2D eigenvalue weighted by atomic mass is 35.5. The molecule has 0 radical (unpaired) electrons. The number of aryl methyl sites for hydroxylation is 3. The van der Waals surface area contributed by atoms with Crippen LogP contribution in [0.1, 0.15) is 68.4 Å². The van der Waals surface area contributed by atoms with E-state index < -0.39 is 0 Å². The number of hydrogen-bond donors (Lipinski definition) is 2. The lowest BCUT2D eigenvalue weighted by Crippen LogP contribution is -3.13. The topological polar surface area (TPSA) is 68.4 Å². The molecule has 1 saturated heterocycles. The number of fused-ring (bicyclic) bond motifs is 3. The van der Waals surface area contributed by atoms with Crippen molar-refractivity contribution in [2.75, 3.05) is 26.7 Å². The Kier molecular flexibility index (Phi) is 11.2. The molecular formula is C30H41Cl2N5O2. The molecule has 0 saturated carbocycles. The van der Waals surface area contributed by atoms with Gasteiger partial charge < -0.3 is 34.5 Å². The summed E-state index contributed by atoms with van der Waals surface area (Å²) in [5.41, 5.74) is 4.78. The Labute approximate surface area is 243 Å². The molecule has 1 aliphatic rings. The molecule has 2 N–H and O–H groups in total. The first-order valence-electron chi connectivity index (χ1n) is 14.0. The Hall–Kier alpha value is -2.61. The number of piperidine rings is 1. The number of ether oxygens (including phenoxy) is 1. The van der Waals surface area contributed by atoms with Crippen LogP contribution in [0.2, 0.25) is 0 Å². The number of nitrogens with one attached hydrogen (secondary N) is 2. The monoisotopic (exact) mass is 573 g/mol. The van der Waals surface area contributed by atoms with E-state index in [0.717, 1.165) is 47.9 Å². The van der Waals surface area contributed by atoms with Gasteiger partial charge in [0.05, 0.1) is 26.7 Å². The van der Waals surface area contributed by atoms with Gasteiger partial charge >= 0.3 is 0 Å². The number of aromatic amines is 1. The highest BCUT2D eigenvalue weighted by Gasteiger charge is 2.25. The van der Waals surface area contributed by atoms with Crippen LogP contribution >= 0.6 is 0 Å². The highest BCUT2D eigenvalue weighted by Crippen LogP contribution is 2.23. The highest BCUT2D eigenvalue weighted by molar-refractivity contribution is 5.70. The molecule has 1 aliphatic heterocycles. The lowest BCUT2D eigenvalue weighted by atomic mass is 9.89. The minimum absolute atomic E-state index is 0. The van der Waals surface area contributed by atoms with Crippen LogP contribution in [0.3, 0.4) is 0 Å². The number of aromatic nitrogens is 4. The minimum Gasteiger partial charge on any atom is -1.00 e. The largest absolute Gasteiger partial charge is 1.00 e. The Morgan fingerprint density at radius 2 is 1.77 bits per heavy atom. The molecule has 0 amide bonds. The summed E-state index contributed by atoms with van der Waals surface area (Å²) in [6.07, 6.45) is 7.98. The summed E-state index contributed by atoms with van der Waals surface area (Å²) in [6.45, 7) is 8.59. The van der Waals surface area contributed by atoms with Crippen LogP contribution in [0.5, 0.6) is 5.88 Å². The summed E-state index contributed by atoms with van der Waals surface area (Å²) >= 11 is 0. The maximum Gasteiger partial charge on any atom is 0.296 e. The molecule has 4 aromatic rings. The van der Waals surface area contributed by atoms with E-state index in [1.807, 2.05) is 28.0 Å². The van der Waals surface area contributed by atoms with E-state index in [4.69, 9.17) is 9.72 Å². The SMILES string of the molecule is CCc1[nH]c(C)c2c(=O)n(CCCCCC[NH+]3CCC(c4ccccc4)CC3)c3ccc(OC)nc3[n+]12.[Cl-].[Cl-]. The second kappa shape index (κ2) is 14.1. The molecule has 0 spiro atoms. The van der Waals surface area contributed by atoms with Crippen LogP contribution in [0.25, 0.3) is 16.7 Å². The van der Waals surface area contributed by atoms with E-state index in [-0.39, 0.29) is 30.4 Å². The fraction of sp³-hybridized carbons (Fsp3) is 0.500. The van der Waals surface area contributed by atoms with Crippen LogP contribution in [0.15, 0.2) is 47.3 Å². The van der Waals surface area contributed by atoms with Gasteiger partial charge in [-0.05, 0) is 43.7 Å². The molecule has 212 valence electrons. The van der Waals surface area contributed by atoms with Crippen molar-refractivity contribution in [3.8, 4) is 5.88 Å². The molecule has 3 aromatic heterocycles. The summed E-state index contributed by atoms with van der Waals surface area (Å²) in [5.74, 6) is 2.28. The van der Waals surface area contributed by atoms with E-state index in [1.165, 1.54) is 50.9 Å². The van der Waals surface area contributed by atoms with Gasteiger partial charge in [0, 0.05) is 31.9 Å². The van der Waals surface area contributed by atoms with Crippen molar-refractivity contribution >= 4 is 16.7 Å². The smallest absolute Gasteiger partial charge is 0.296 e. The van der Waals surface area contributed by atoms with Gasteiger partial charge in [-0.2, -0.15) is 4.40 Å². The van der Waals surface area contributed by atoms with Crippen molar-refractivity contribution < 1.29 is 38.9 Å². The fourth-order valence-corrected chi connectivity index (χ4v) is 6.08. The first kappa shape index (κ1) is 30.9. The zero-order valence-corrected chi connectivity index (χ0v) is 24.8. The van der Waals surface area contributed by atoms with E-state index >= 15 is 0 Å². The molecule has 0 bridgehead atoms. The van der Waals surface area contributed by atoms with Gasteiger partial charge in [-0.15, -0.1) is 0 Å². The van der Waals surface area contributed by atoms with Crippen molar-refractivity contribution in [2.24, 2.45) is 0 Å². The molecule has 9 heteroatoms. The minimum atomic E-state index is 0. The van der Waals surface area contributed by atoms with Crippen molar-refractivity contribution in [2.45, 2.75) is 71.3 Å². The van der Waals surface area contributed by atoms with E-state index in [2.05, 4.69) is 42.2 Å². The number of halogens is 2. The molecule has 1 fully saturated rings. The normalized spacial score (nSPS) is 17.1. The number of benzene rings is 1. The summed E-state index contributed by atoms with van der Waals surface area (Å²) in [6, 6.07) is 14.8. The van der Waals surface area contributed by atoms with Gasteiger partial charge in [0.25, 0.3) is 17.1 Å². The summed E-state index contributed by atoms with van der Waals surface area (Å²) in [7, 11) is 1.63. The molecule has 7 nitrogen and oxygen atoms in total. The van der Waals surface area contributed by atoms with Crippen LogP contribution < -0.4 is 44.4 Å². The lowest BCUT2D eigenvalue weighted by molar-refractivity contribution is -0.905. The summed E-state index contributed by atoms with van der Waals surface area (Å²) in [5, 5.41) is 0. The molecule has 39 heavy (non-hydrogen) atoms. The Bertz CT molecular complexity index is 1410. The number of H-pyrrole nitrogens is 1. The van der Waals surface area contributed by atoms with Gasteiger partial charge in [-0.3, -0.25) is 14.3 Å². The average Bonchev–Trinajstić information content (AvgIpc) is 3.29. The standard InChI is InChI=1S/C30H39N5O2.2ClH/c1-4-26-31-22(2)28-30(36)34(25-14-15-27(37-3)32-29(25)35(26)28)19-11-6-5-10-18-33-20-16-24(17-21-33)23-12-8-7-9-13-23;;/h7-9,12-15,24H,4-6,10-11,16-21H2,1-3H3;2*1H. The second-order valence-corrected chi connectivity index (χ2v) is 10.5. The van der Waals surface area contributed by atoms with Gasteiger partial charge in [0.15, 0.2) is 0 Å². The third-order valence-electron chi connectivity index (χ3n) is 8.13. The summed E-state index contributed by atoms with van der Waals surface area (Å²) < 4.78 is 9.30. The van der Waals surface area contributed by atoms with Gasteiger partial charge in [-0.1, -0.05) is 48.7 Å². The Morgan fingerprint density at radius 3 is 2.46 bits per heavy atom. The quantitative estimate of drug-likeness (QED) is 0.161. The van der Waals surface area contributed by atoms with E-state index in [0.29, 0.717) is 17.9 Å². The number of likely N-dealkylation sites (tertiary alicyclic amines) is 1. The third kappa shape index (κ3) is 6.59. The van der Waals surface area contributed by atoms with Crippen molar-refractivity contribution in [1.82, 2.24) is 14.5 Å². The number of methoxy groups -OCH3 is 1. The number of nitrogens with zero attached hydrogens (tertiary/aromatic N) is 3. The van der Waals surface area contributed by atoms with Crippen LogP contribution in [-0.2, 0) is 13.0 Å². The summed E-state index contributed by atoms with van der Waals surface area (Å²) in [4.78, 5) is 23.4. The predicted octanol–water partition coefficient (Wildman–Crippen LogP) is -2.63. The third-order valence-corrected chi connectivity index (χ3v) is 8.13. The van der Waals surface area contributed by atoms with Gasteiger partial charge in [0.1, 0.15) is 11.2 Å². The van der Waals surface area contributed by atoms with Crippen molar-refractivity contribution in [3.63, 3.8) is 0 Å². The number of hydrogen-bond acceptors (Lipinski definition) is 3. The van der Waals surface area contributed by atoms with Gasteiger partial charge in [-0.25, -0.2) is 0 Å². The lowest BCUT2D eigenvalue weighted by Gasteiger charge is -2.29. The zero-order chi connectivity index (χ0) is 25.8. The van der Waals surface area contributed by atoms with E-state index in [1.54, 1.807) is 12.0 Å². The van der Waals surface area contributed by atoms with Crippen LogP contribution in [0, 0.1) is 6.92 Å². The average molecular weight is 575 g/mol. The molecule has 0 aliphatic carbocycles. The Morgan fingerprint density at radius 1 is 1.05 bits per heavy atom. The van der Waals surface area contributed by atoms with Crippen LogP contribution in [0.4, 0.5) is 0 Å². The number of pyridine rings is 1. The fourth-order valence-electron chi connectivity index (χ4n) is 6.08. The number of quaternary nitrogens is 1. The molecule has 0 atom stereocenters. The number of rotatable bonds is 10. The number of imidazole rings is 1. The van der Waals surface area contributed by atoms with Crippen LogP contribution in [-0.4, -0.2) is 41.3 Å². The van der Waals surface area contributed by atoms with E-state index in [9.17, 15) is 4.79 Å². The molecule has 0 unspecified atom stereocenters. The maximum atomic E-state index is 13.6. The molecule has 1 aromatic carbocycles. The first-order chi connectivity index (χ1) is 18.1.